The van der Waals surface area contributed by atoms with Crippen molar-refractivity contribution in [3.05, 3.63) is 59.4 Å². The van der Waals surface area contributed by atoms with E-state index < -0.39 is 0 Å². The van der Waals surface area contributed by atoms with E-state index in [1.807, 2.05) is 30.3 Å². The largest absolute Gasteiger partial charge is 0.495 e. The lowest BCUT2D eigenvalue weighted by atomic mass is 10.2. The molecule has 0 bridgehead atoms. The molecular formula is C19H18ClN3O3. The Balaban J connectivity index is 1.48. The van der Waals surface area contributed by atoms with Crippen molar-refractivity contribution >= 4 is 23.2 Å². The number of hydrogen-bond donors (Lipinski definition) is 1. The highest BCUT2D eigenvalue weighted by Gasteiger charge is 2.10. The summed E-state index contributed by atoms with van der Waals surface area (Å²) in [5.41, 5.74) is 1.50. The average Bonchev–Trinajstić information content (AvgIpc) is 3.11. The number of methoxy groups -OCH3 is 1. The lowest BCUT2D eigenvalue weighted by molar-refractivity contribution is -0.116. The molecule has 0 spiro atoms. The zero-order valence-electron chi connectivity index (χ0n) is 14.2. The molecule has 1 heterocycles. The van der Waals surface area contributed by atoms with Crippen molar-refractivity contribution in [1.29, 1.82) is 0 Å². The van der Waals surface area contributed by atoms with Gasteiger partial charge in [-0.1, -0.05) is 29.8 Å². The van der Waals surface area contributed by atoms with E-state index in [-0.39, 0.29) is 5.91 Å². The molecule has 0 radical (unpaired) electrons. The second-order valence-electron chi connectivity index (χ2n) is 5.62. The highest BCUT2D eigenvalue weighted by Crippen LogP contribution is 2.27. The van der Waals surface area contributed by atoms with Crippen LogP contribution in [0.25, 0.3) is 11.5 Å². The molecule has 0 saturated heterocycles. The molecule has 0 aliphatic rings. The van der Waals surface area contributed by atoms with E-state index in [2.05, 4.69) is 15.5 Å². The van der Waals surface area contributed by atoms with Crippen molar-refractivity contribution in [3.8, 4) is 17.2 Å². The van der Waals surface area contributed by atoms with Crippen LogP contribution >= 0.6 is 11.6 Å². The topological polar surface area (TPSA) is 77.2 Å². The summed E-state index contributed by atoms with van der Waals surface area (Å²) in [6.07, 6.45) is 1.48. The SMILES string of the molecule is COc1ccc(NC(=O)CCCc2nnc(-c3ccccc3)o2)cc1Cl. The van der Waals surface area contributed by atoms with Crippen LogP contribution in [0.2, 0.25) is 5.02 Å². The molecule has 1 amide bonds. The third-order valence-electron chi connectivity index (χ3n) is 3.72. The molecule has 0 fully saturated rings. The van der Waals surface area contributed by atoms with Gasteiger partial charge in [0.05, 0.1) is 12.1 Å². The number of aryl methyl sites for hydroxylation is 1. The highest BCUT2D eigenvalue weighted by molar-refractivity contribution is 6.32. The number of nitrogens with zero attached hydrogens (tertiary/aromatic N) is 2. The maximum absolute atomic E-state index is 12.0. The third kappa shape index (κ3) is 4.61. The average molecular weight is 372 g/mol. The van der Waals surface area contributed by atoms with E-state index in [0.29, 0.717) is 47.5 Å². The number of amides is 1. The standard InChI is InChI=1S/C19H18ClN3O3/c1-25-16-11-10-14(12-15(16)20)21-17(24)8-5-9-18-22-23-19(26-18)13-6-3-2-4-7-13/h2-4,6-7,10-12H,5,8-9H2,1H3,(H,21,24). The number of nitrogens with one attached hydrogen (secondary N) is 1. The molecule has 3 rings (SSSR count). The molecule has 1 aromatic heterocycles. The number of carbonyl (C=O) groups is 1. The smallest absolute Gasteiger partial charge is 0.247 e. The molecule has 0 unspecified atom stereocenters. The fourth-order valence-electron chi connectivity index (χ4n) is 2.42. The number of halogens is 1. The van der Waals surface area contributed by atoms with Crippen LogP contribution in [-0.4, -0.2) is 23.2 Å². The summed E-state index contributed by atoms with van der Waals surface area (Å²) in [7, 11) is 1.54. The summed E-state index contributed by atoms with van der Waals surface area (Å²) in [4.78, 5) is 12.0. The van der Waals surface area contributed by atoms with Gasteiger partial charge in [0.15, 0.2) is 0 Å². The maximum Gasteiger partial charge on any atom is 0.247 e. The van der Waals surface area contributed by atoms with Crippen LogP contribution in [-0.2, 0) is 11.2 Å². The lowest BCUT2D eigenvalue weighted by Crippen LogP contribution is -2.11. The van der Waals surface area contributed by atoms with Gasteiger partial charge in [0.1, 0.15) is 5.75 Å². The summed E-state index contributed by atoms with van der Waals surface area (Å²) in [5.74, 6) is 1.46. The zero-order valence-corrected chi connectivity index (χ0v) is 15.0. The number of hydrogen-bond acceptors (Lipinski definition) is 5. The molecular weight excluding hydrogens is 354 g/mol. The van der Waals surface area contributed by atoms with E-state index in [0.717, 1.165) is 5.56 Å². The van der Waals surface area contributed by atoms with Gasteiger partial charge in [-0.25, -0.2) is 0 Å². The van der Waals surface area contributed by atoms with Crippen LogP contribution < -0.4 is 10.1 Å². The van der Waals surface area contributed by atoms with Gasteiger partial charge < -0.3 is 14.5 Å². The van der Waals surface area contributed by atoms with Crippen LogP contribution in [0.3, 0.4) is 0 Å². The Labute approximate surface area is 156 Å². The van der Waals surface area contributed by atoms with Crippen LogP contribution in [0.1, 0.15) is 18.7 Å². The summed E-state index contributed by atoms with van der Waals surface area (Å²) in [5, 5.41) is 11.3. The van der Waals surface area contributed by atoms with E-state index in [1.54, 1.807) is 25.3 Å². The van der Waals surface area contributed by atoms with Gasteiger partial charge in [-0.15, -0.1) is 10.2 Å². The van der Waals surface area contributed by atoms with Crippen molar-refractivity contribution in [2.75, 3.05) is 12.4 Å². The molecule has 0 aliphatic heterocycles. The van der Waals surface area contributed by atoms with Crippen molar-refractivity contribution < 1.29 is 13.9 Å². The molecule has 2 aromatic carbocycles. The van der Waals surface area contributed by atoms with Gasteiger partial charge in [0.25, 0.3) is 0 Å². The Hall–Kier alpha value is -2.86. The lowest BCUT2D eigenvalue weighted by Gasteiger charge is -2.07. The summed E-state index contributed by atoms with van der Waals surface area (Å²) in [6, 6.07) is 14.7. The molecule has 1 N–H and O–H groups in total. The number of anilines is 1. The first-order chi connectivity index (χ1) is 12.7. The second kappa shape index (κ2) is 8.49. The maximum atomic E-state index is 12.0. The Morgan fingerprint density at radius 3 is 2.73 bits per heavy atom. The first kappa shape index (κ1) is 17.9. The minimum absolute atomic E-state index is 0.103. The Morgan fingerprint density at radius 1 is 1.19 bits per heavy atom. The second-order valence-corrected chi connectivity index (χ2v) is 6.03. The van der Waals surface area contributed by atoms with Crippen molar-refractivity contribution in [3.63, 3.8) is 0 Å². The van der Waals surface area contributed by atoms with E-state index >= 15 is 0 Å². The molecule has 134 valence electrons. The van der Waals surface area contributed by atoms with Crippen molar-refractivity contribution in [2.24, 2.45) is 0 Å². The monoisotopic (exact) mass is 371 g/mol. The summed E-state index contributed by atoms with van der Waals surface area (Å²) in [6.45, 7) is 0. The molecule has 3 aromatic rings. The normalized spacial score (nSPS) is 10.5. The summed E-state index contributed by atoms with van der Waals surface area (Å²) < 4.78 is 10.7. The molecule has 0 saturated carbocycles. The first-order valence-electron chi connectivity index (χ1n) is 8.17. The summed E-state index contributed by atoms with van der Waals surface area (Å²) >= 11 is 6.05. The van der Waals surface area contributed by atoms with E-state index in [4.69, 9.17) is 20.8 Å². The van der Waals surface area contributed by atoms with E-state index in [9.17, 15) is 4.79 Å². The predicted octanol–water partition coefficient (Wildman–Crippen LogP) is 4.36. The number of rotatable bonds is 7. The molecule has 0 aliphatic carbocycles. The molecule has 7 heteroatoms. The van der Waals surface area contributed by atoms with Crippen molar-refractivity contribution in [2.45, 2.75) is 19.3 Å². The van der Waals surface area contributed by atoms with Crippen LogP contribution in [0, 0.1) is 0 Å². The third-order valence-corrected chi connectivity index (χ3v) is 4.01. The molecule has 0 atom stereocenters. The fourth-order valence-corrected chi connectivity index (χ4v) is 2.68. The van der Waals surface area contributed by atoms with E-state index in [1.165, 1.54) is 0 Å². The minimum Gasteiger partial charge on any atom is -0.495 e. The van der Waals surface area contributed by atoms with Crippen molar-refractivity contribution in [1.82, 2.24) is 10.2 Å². The van der Waals surface area contributed by atoms with Gasteiger partial charge in [-0.2, -0.15) is 0 Å². The van der Waals surface area contributed by atoms with Gasteiger partial charge in [0, 0.05) is 24.1 Å². The van der Waals surface area contributed by atoms with Gasteiger partial charge in [-0.3, -0.25) is 4.79 Å². The van der Waals surface area contributed by atoms with Crippen LogP contribution in [0.15, 0.2) is 52.9 Å². The van der Waals surface area contributed by atoms with Gasteiger partial charge in [0.2, 0.25) is 17.7 Å². The Kier molecular flexibility index (Phi) is 5.86. The highest BCUT2D eigenvalue weighted by atomic mass is 35.5. The van der Waals surface area contributed by atoms with Gasteiger partial charge >= 0.3 is 0 Å². The number of ether oxygens (including phenoxy) is 1. The quantitative estimate of drug-likeness (QED) is 0.667. The van der Waals surface area contributed by atoms with Crippen LogP contribution in [0.5, 0.6) is 5.75 Å². The Morgan fingerprint density at radius 2 is 2.00 bits per heavy atom. The zero-order chi connectivity index (χ0) is 18.4. The molecule has 6 nitrogen and oxygen atoms in total. The fraction of sp³-hybridized carbons (Fsp3) is 0.211. The number of carbonyl (C=O) groups excluding carboxylic acids is 1. The molecule has 26 heavy (non-hydrogen) atoms. The van der Waals surface area contributed by atoms with Crippen LogP contribution in [0.4, 0.5) is 5.69 Å². The first-order valence-corrected chi connectivity index (χ1v) is 8.54. The predicted molar refractivity (Wildman–Crippen MR) is 99.3 cm³/mol. The minimum atomic E-state index is -0.103. The van der Waals surface area contributed by atoms with Gasteiger partial charge in [-0.05, 0) is 36.8 Å². The number of benzene rings is 2. The number of aromatic nitrogens is 2. The Bertz CT molecular complexity index is 881.